The van der Waals surface area contributed by atoms with Crippen LogP contribution in [0.15, 0.2) is 24.5 Å². The molecule has 5 nitrogen and oxygen atoms in total. The van der Waals surface area contributed by atoms with Gasteiger partial charge in [0, 0.05) is 25.5 Å². The van der Waals surface area contributed by atoms with Crippen molar-refractivity contribution in [3.63, 3.8) is 0 Å². The Bertz CT molecular complexity index is 477. The number of nitrogens with zero attached hydrogens (tertiary/aromatic N) is 1. The summed E-state index contributed by atoms with van der Waals surface area (Å²) in [7, 11) is -5.22. The van der Waals surface area contributed by atoms with Gasteiger partial charge in [-0.15, -0.1) is 0 Å². The Morgan fingerprint density at radius 3 is 2.58 bits per heavy atom. The van der Waals surface area contributed by atoms with Gasteiger partial charge in [0.2, 0.25) is 0 Å². The molecule has 0 fully saturated rings. The lowest BCUT2D eigenvalue weighted by Gasteiger charge is -2.09. The van der Waals surface area contributed by atoms with Gasteiger partial charge in [-0.05, 0) is 24.6 Å². The Labute approximate surface area is 109 Å². The van der Waals surface area contributed by atoms with Crippen molar-refractivity contribution in [3.8, 4) is 0 Å². The molecule has 0 unspecified atom stereocenters. The van der Waals surface area contributed by atoms with Crippen LogP contribution in [0.5, 0.6) is 0 Å². The van der Waals surface area contributed by atoms with Gasteiger partial charge in [-0.25, -0.2) is 13.1 Å². The predicted molar refractivity (Wildman–Crippen MR) is 63.5 cm³/mol. The van der Waals surface area contributed by atoms with Gasteiger partial charge in [0.25, 0.3) is 0 Å². The number of rotatable bonds is 7. The summed E-state index contributed by atoms with van der Waals surface area (Å²) in [6, 6.07) is 3.63. The molecule has 0 amide bonds. The monoisotopic (exact) mass is 297 g/mol. The van der Waals surface area contributed by atoms with E-state index in [-0.39, 0.29) is 13.0 Å². The number of alkyl halides is 3. The first kappa shape index (κ1) is 15.9. The number of sulfonamides is 1. The molecule has 108 valence electrons. The Balaban J connectivity index is 2.16. The fraction of sp³-hybridized carbons (Fsp3) is 0.500. The summed E-state index contributed by atoms with van der Waals surface area (Å²) in [5.41, 5.74) is -4.31. The van der Waals surface area contributed by atoms with E-state index < -0.39 is 15.5 Å². The van der Waals surface area contributed by atoms with Crippen LogP contribution >= 0.6 is 0 Å². The highest BCUT2D eigenvalue weighted by Gasteiger charge is 2.45. The highest BCUT2D eigenvalue weighted by atomic mass is 32.2. The molecule has 0 aliphatic heterocycles. The van der Waals surface area contributed by atoms with Gasteiger partial charge in [-0.3, -0.25) is 4.98 Å². The Morgan fingerprint density at radius 2 is 2.00 bits per heavy atom. The number of hydrogen-bond acceptors (Lipinski definition) is 4. The summed E-state index contributed by atoms with van der Waals surface area (Å²) < 4.78 is 58.6. The first-order valence-electron chi connectivity index (χ1n) is 5.48. The third-order valence-electron chi connectivity index (χ3n) is 2.18. The van der Waals surface area contributed by atoms with Crippen LogP contribution in [0, 0.1) is 0 Å². The molecule has 9 heteroatoms. The molecule has 0 atom stereocenters. The standard InChI is InChI=1S/C10H14F3N3O2S/c11-10(12,13)19(17,18)16-6-2-5-15-8-9-3-1-4-14-7-9/h1,3-4,7,15-16H,2,5-6,8H2. The number of hydrogen-bond donors (Lipinski definition) is 2. The molecule has 0 aliphatic rings. The summed E-state index contributed by atoms with van der Waals surface area (Å²) in [5.74, 6) is 0. The van der Waals surface area contributed by atoms with Crippen LogP contribution in [-0.2, 0) is 16.6 Å². The maximum Gasteiger partial charge on any atom is 0.511 e. The highest BCUT2D eigenvalue weighted by Crippen LogP contribution is 2.21. The van der Waals surface area contributed by atoms with Crippen LogP contribution in [0.2, 0.25) is 0 Å². The van der Waals surface area contributed by atoms with Gasteiger partial charge in [0.1, 0.15) is 0 Å². The van der Waals surface area contributed by atoms with Gasteiger partial charge >= 0.3 is 15.5 Å². The summed E-state index contributed by atoms with van der Waals surface area (Å²) in [4.78, 5) is 3.90. The molecule has 0 radical (unpaired) electrons. The molecular formula is C10H14F3N3O2S. The zero-order chi connectivity index (χ0) is 14.4. The molecule has 0 saturated heterocycles. The molecule has 1 heterocycles. The lowest BCUT2D eigenvalue weighted by Crippen LogP contribution is -2.37. The van der Waals surface area contributed by atoms with E-state index in [0.717, 1.165) is 5.56 Å². The SMILES string of the molecule is O=S(=O)(NCCCNCc1cccnc1)C(F)(F)F. The summed E-state index contributed by atoms with van der Waals surface area (Å²) in [6.45, 7) is 0.664. The van der Waals surface area contributed by atoms with E-state index in [1.165, 1.54) is 4.72 Å². The number of aromatic nitrogens is 1. The minimum absolute atomic E-state index is 0.259. The van der Waals surface area contributed by atoms with E-state index in [9.17, 15) is 21.6 Å². The van der Waals surface area contributed by atoms with Crippen molar-refractivity contribution in [2.24, 2.45) is 0 Å². The van der Waals surface area contributed by atoms with Gasteiger partial charge in [0.15, 0.2) is 0 Å². The Morgan fingerprint density at radius 1 is 1.26 bits per heavy atom. The van der Waals surface area contributed by atoms with Gasteiger partial charge in [0.05, 0.1) is 0 Å². The van der Waals surface area contributed by atoms with Crippen LogP contribution in [0.1, 0.15) is 12.0 Å². The second kappa shape index (κ2) is 6.83. The van der Waals surface area contributed by atoms with Crippen LogP contribution in [0.3, 0.4) is 0 Å². The maximum atomic E-state index is 12.0. The molecule has 19 heavy (non-hydrogen) atoms. The normalized spacial score (nSPS) is 12.6. The average Bonchev–Trinajstić information content (AvgIpc) is 2.33. The zero-order valence-electron chi connectivity index (χ0n) is 9.94. The minimum atomic E-state index is -5.25. The summed E-state index contributed by atoms with van der Waals surface area (Å²) in [5, 5.41) is 2.97. The lowest BCUT2D eigenvalue weighted by molar-refractivity contribution is -0.0447. The van der Waals surface area contributed by atoms with E-state index in [2.05, 4.69) is 10.3 Å². The Kier molecular flexibility index (Phi) is 5.70. The van der Waals surface area contributed by atoms with Crippen molar-refractivity contribution in [2.75, 3.05) is 13.1 Å². The fourth-order valence-electron chi connectivity index (χ4n) is 1.24. The number of halogens is 3. The third kappa shape index (κ3) is 5.53. The van der Waals surface area contributed by atoms with Crippen molar-refractivity contribution in [2.45, 2.75) is 18.5 Å². The molecule has 1 aromatic rings. The first-order chi connectivity index (χ1) is 8.83. The van der Waals surface area contributed by atoms with E-state index >= 15 is 0 Å². The molecular weight excluding hydrogens is 283 g/mol. The zero-order valence-corrected chi connectivity index (χ0v) is 10.8. The third-order valence-corrected chi connectivity index (χ3v) is 3.37. The van der Waals surface area contributed by atoms with Crippen molar-refractivity contribution in [1.82, 2.24) is 15.0 Å². The van der Waals surface area contributed by atoms with Crippen LogP contribution in [0.4, 0.5) is 13.2 Å². The molecule has 0 saturated carbocycles. The number of nitrogens with one attached hydrogen (secondary N) is 2. The molecule has 0 aromatic carbocycles. The first-order valence-corrected chi connectivity index (χ1v) is 6.97. The highest BCUT2D eigenvalue weighted by molar-refractivity contribution is 7.90. The van der Waals surface area contributed by atoms with Crippen molar-refractivity contribution >= 4 is 10.0 Å². The largest absolute Gasteiger partial charge is 0.511 e. The summed E-state index contributed by atoms with van der Waals surface area (Å²) >= 11 is 0. The van der Waals surface area contributed by atoms with Crippen LogP contribution in [-0.4, -0.2) is 32.0 Å². The molecule has 0 spiro atoms. The molecule has 1 rings (SSSR count). The van der Waals surface area contributed by atoms with Gasteiger partial charge < -0.3 is 5.32 Å². The second-order valence-electron chi connectivity index (χ2n) is 3.74. The van der Waals surface area contributed by atoms with E-state index in [0.29, 0.717) is 13.1 Å². The Hall–Kier alpha value is -1.19. The topological polar surface area (TPSA) is 71.1 Å². The lowest BCUT2D eigenvalue weighted by atomic mass is 10.3. The molecule has 2 N–H and O–H groups in total. The van der Waals surface area contributed by atoms with Crippen molar-refractivity contribution < 1.29 is 21.6 Å². The van der Waals surface area contributed by atoms with Gasteiger partial charge in [-0.2, -0.15) is 13.2 Å². The fourth-order valence-corrected chi connectivity index (χ4v) is 1.81. The van der Waals surface area contributed by atoms with Gasteiger partial charge in [-0.1, -0.05) is 6.07 Å². The van der Waals surface area contributed by atoms with Crippen molar-refractivity contribution in [1.29, 1.82) is 0 Å². The maximum absolute atomic E-state index is 12.0. The predicted octanol–water partition coefficient (Wildman–Crippen LogP) is 1.00. The van der Waals surface area contributed by atoms with E-state index in [1.54, 1.807) is 18.5 Å². The quantitative estimate of drug-likeness (QED) is 0.737. The second-order valence-corrected chi connectivity index (χ2v) is 5.49. The summed E-state index contributed by atoms with van der Waals surface area (Å²) in [6.07, 6.45) is 3.56. The molecule has 1 aromatic heterocycles. The minimum Gasteiger partial charge on any atom is -0.313 e. The average molecular weight is 297 g/mol. The van der Waals surface area contributed by atoms with Crippen LogP contribution < -0.4 is 10.0 Å². The molecule has 0 bridgehead atoms. The van der Waals surface area contributed by atoms with E-state index in [1.807, 2.05) is 6.07 Å². The smallest absolute Gasteiger partial charge is 0.313 e. The van der Waals surface area contributed by atoms with Crippen LogP contribution in [0.25, 0.3) is 0 Å². The van der Waals surface area contributed by atoms with Crippen molar-refractivity contribution in [3.05, 3.63) is 30.1 Å². The number of pyridine rings is 1. The van der Waals surface area contributed by atoms with E-state index in [4.69, 9.17) is 0 Å². The molecule has 0 aliphatic carbocycles.